The van der Waals surface area contributed by atoms with Crippen molar-refractivity contribution in [3.8, 4) is 11.3 Å². The minimum Gasteiger partial charge on any atom is -0.298 e. The van der Waals surface area contributed by atoms with Gasteiger partial charge < -0.3 is 0 Å². The Morgan fingerprint density at radius 2 is 1.97 bits per heavy atom. The van der Waals surface area contributed by atoms with Gasteiger partial charge >= 0.3 is 0 Å². The molecule has 0 atom stereocenters. The highest BCUT2D eigenvalue weighted by atomic mass is 35.5. The number of thiazole rings is 1. The number of carbonyl (C=O) groups is 2. The molecule has 146 valence electrons. The average Bonchev–Trinajstić information content (AvgIpc) is 3.31. The zero-order chi connectivity index (χ0) is 20.4. The highest BCUT2D eigenvalue weighted by Crippen LogP contribution is 2.33. The molecule has 0 spiro atoms. The van der Waals surface area contributed by atoms with Crippen LogP contribution >= 0.6 is 34.7 Å². The topological polar surface area (TPSA) is 50.3 Å². The molecule has 1 aromatic heterocycles. The van der Waals surface area contributed by atoms with E-state index in [1.165, 1.54) is 40.1 Å². The first-order valence-corrected chi connectivity index (χ1v) is 10.9. The number of halogens is 2. The molecule has 0 N–H and O–H groups in total. The third-order valence-corrected chi connectivity index (χ3v) is 6.44. The molecule has 8 heteroatoms. The van der Waals surface area contributed by atoms with Gasteiger partial charge in [0.2, 0.25) is 5.91 Å². The molecule has 1 aliphatic rings. The third kappa shape index (κ3) is 4.42. The van der Waals surface area contributed by atoms with Gasteiger partial charge in [0.15, 0.2) is 5.78 Å². The first-order valence-electron chi connectivity index (χ1n) is 8.65. The van der Waals surface area contributed by atoms with Gasteiger partial charge in [-0.05, 0) is 36.4 Å². The number of rotatable bonds is 5. The minimum absolute atomic E-state index is 0.0718. The first-order chi connectivity index (χ1) is 14.0. The van der Waals surface area contributed by atoms with Crippen molar-refractivity contribution in [2.75, 3.05) is 12.3 Å². The normalized spacial score (nSPS) is 15.3. The summed E-state index contributed by atoms with van der Waals surface area (Å²) in [6, 6.07) is 12.9. The summed E-state index contributed by atoms with van der Waals surface area (Å²) < 4.78 is 13.1. The molecule has 2 heterocycles. The van der Waals surface area contributed by atoms with E-state index in [0.717, 1.165) is 11.3 Å². The van der Waals surface area contributed by atoms with Crippen molar-refractivity contribution >= 4 is 52.5 Å². The molecule has 0 aliphatic carbocycles. The second kappa shape index (κ2) is 8.49. The molecule has 1 fully saturated rings. The Labute approximate surface area is 180 Å². The smallest absolute Gasteiger partial charge is 0.238 e. The van der Waals surface area contributed by atoms with E-state index in [9.17, 15) is 14.0 Å². The van der Waals surface area contributed by atoms with Crippen molar-refractivity contribution in [1.29, 1.82) is 0 Å². The van der Waals surface area contributed by atoms with E-state index in [-0.39, 0.29) is 29.8 Å². The Hall–Kier alpha value is -2.48. The molecule has 3 aromatic rings. The van der Waals surface area contributed by atoms with E-state index < -0.39 is 0 Å². The van der Waals surface area contributed by atoms with Crippen LogP contribution in [0, 0.1) is 5.82 Å². The lowest BCUT2D eigenvalue weighted by molar-refractivity contribution is -0.125. The van der Waals surface area contributed by atoms with E-state index in [2.05, 4.69) is 4.98 Å². The monoisotopic (exact) mass is 444 g/mol. The number of hydrogen-bond acceptors (Lipinski definition) is 5. The van der Waals surface area contributed by atoms with Crippen molar-refractivity contribution in [3.05, 3.63) is 80.4 Å². The molecule has 1 saturated heterocycles. The van der Waals surface area contributed by atoms with Crippen LogP contribution in [0.5, 0.6) is 0 Å². The van der Waals surface area contributed by atoms with Crippen molar-refractivity contribution in [1.82, 2.24) is 9.88 Å². The number of nitrogens with zero attached hydrogens (tertiary/aromatic N) is 2. The largest absolute Gasteiger partial charge is 0.298 e. The summed E-state index contributed by atoms with van der Waals surface area (Å²) in [6.07, 6.45) is 1.80. The van der Waals surface area contributed by atoms with Crippen LogP contribution in [0.4, 0.5) is 4.39 Å². The third-order valence-electron chi connectivity index (χ3n) is 4.30. The number of hydrogen-bond donors (Lipinski definition) is 0. The summed E-state index contributed by atoms with van der Waals surface area (Å²) in [5, 5.41) is 3.62. The van der Waals surface area contributed by atoms with Gasteiger partial charge in [-0.2, -0.15) is 0 Å². The second-order valence-electron chi connectivity index (χ2n) is 6.23. The van der Waals surface area contributed by atoms with Crippen LogP contribution in [-0.4, -0.2) is 33.9 Å². The van der Waals surface area contributed by atoms with E-state index >= 15 is 0 Å². The van der Waals surface area contributed by atoms with Gasteiger partial charge in [0, 0.05) is 22.6 Å². The van der Waals surface area contributed by atoms with Crippen LogP contribution in [0.15, 0.2) is 58.9 Å². The highest BCUT2D eigenvalue weighted by molar-refractivity contribution is 8.04. The molecular formula is C21H14ClFN2O2S2. The van der Waals surface area contributed by atoms with Crippen LogP contribution in [-0.2, 0) is 4.79 Å². The molecule has 0 saturated carbocycles. The van der Waals surface area contributed by atoms with Gasteiger partial charge in [0.1, 0.15) is 10.8 Å². The molecule has 1 amide bonds. The number of ketones is 1. The number of Topliss-reactive ketones (excluding diaryl/α,β-unsaturated/α-hetero) is 1. The first kappa shape index (κ1) is 19.8. The molecular weight excluding hydrogens is 431 g/mol. The van der Waals surface area contributed by atoms with Crippen molar-refractivity contribution in [2.24, 2.45) is 0 Å². The Morgan fingerprint density at radius 3 is 2.72 bits per heavy atom. The van der Waals surface area contributed by atoms with Gasteiger partial charge in [-0.1, -0.05) is 35.5 Å². The van der Waals surface area contributed by atoms with E-state index in [0.29, 0.717) is 20.6 Å². The standard InChI is InChI=1S/C21H14ClFN2O2S2/c22-16-4-2-1-3-15(16)18(26)10-25-20(27)12-29-21(25)9-19-24-17(11-28-19)13-5-7-14(23)8-6-13/h1-9,11H,10,12H2/b21-9-. The number of benzene rings is 2. The summed E-state index contributed by atoms with van der Waals surface area (Å²) in [7, 11) is 0. The number of carbonyl (C=O) groups excluding carboxylic acids is 2. The number of amides is 1. The van der Waals surface area contributed by atoms with Crippen molar-refractivity contribution < 1.29 is 14.0 Å². The molecule has 4 nitrogen and oxygen atoms in total. The fraction of sp³-hybridized carbons (Fsp3) is 0.0952. The van der Waals surface area contributed by atoms with Crippen molar-refractivity contribution in [3.63, 3.8) is 0 Å². The van der Waals surface area contributed by atoms with Crippen LogP contribution in [0.3, 0.4) is 0 Å². The Morgan fingerprint density at radius 1 is 1.21 bits per heavy atom. The van der Waals surface area contributed by atoms with Gasteiger partial charge in [-0.15, -0.1) is 11.3 Å². The maximum absolute atomic E-state index is 13.1. The zero-order valence-electron chi connectivity index (χ0n) is 15.0. The molecule has 0 unspecified atom stereocenters. The molecule has 2 aromatic carbocycles. The number of thioether (sulfide) groups is 1. The van der Waals surface area contributed by atoms with E-state index in [1.807, 2.05) is 5.38 Å². The maximum Gasteiger partial charge on any atom is 0.238 e. The second-order valence-corrected chi connectivity index (χ2v) is 8.52. The molecule has 0 radical (unpaired) electrons. The Balaban J connectivity index is 1.55. The average molecular weight is 445 g/mol. The lowest BCUT2D eigenvalue weighted by Gasteiger charge is -2.16. The summed E-state index contributed by atoms with van der Waals surface area (Å²) in [6.45, 7) is -0.0718. The summed E-state index contributed by atoms with van der Waals surface area (Å²) >= 11 is 8.89. The Kier molecular flexibility index (Phi) is 5.80. The fourth-order valence-corrected chi connectivity index (χ4v) is 4.84. The molecule has 0 bridgehead atoms. The van der Waals surface area contributed by atoms with Gasteiger partial charge in [-0.3, -0.25) is 14.5 Å². The van der Waals surface area contributed by atoms with E-state index in [4.69, 9.17) is 11.6 Å². The predicted molar refractivity (Wildman–Crippen MR) is 115 cm³/mol. The van der Waals surface area contributed by atoms with Gasteiger partial charge in [-0.25, -0.2) is 9.37 Å². The summed E-state index contributed by atoms with van der Waals surface area (Å²) in [5.74, 6) is -0.371. The Bertz CT molecular complexity index is 1110. The predicted octanol–water partition coefficient (Wildman–Crippen LogP) is 5.36. The number of aromatic nitrogens is 1. The molecule has 1 aliphatic heterocycles. The zero-order valence-corrected chi connectivity index (χ0v) is 17.4. The fourth-order valence-electron chi connectivity index (χ4n) is 2.83. The van der Waals surface area contributed by atoms with Crippen molar-refractivity contribution in [2.45, 2.75) is 0 Å². The van der Waals surface area contributed by atoms with Crippen LogP contribution < -0.4 is 0 Å². The summed E-state index contributed by atoms with van der Waals surface area (Å²) in [4.78, 5) is 30.9. The van der Waals surface area contributed by atoms with Gasteiger partial charge in [0.25, 0.3) is 0 Å². The van der Waals surface area contributed by atoms with Crippen LogP contribution in [0.1, 0.15) is 15.4 Å². The molecule has 4 rings (SSSR count). The maximum atomic E-state index is 13.1. The van der Waals surface area contributed by atoms with E-state index in [1.54, 1.807) is 42.5 Å². The minimum atomic E-state index is -0.300. The van der Waals surface area contributed by atoms with Crippen LogP contribution in [0.2, 0.25) is 5.02 Å². The highest BCUT2D eigenvalue weighted by Gasteiger charge is 2.29. The summed E-state index contributed by atoms with van der Waals surface area (Å²) in [5.41, 5.74) is 1.94. The lowest BCUT2D eigenvalue weighted by Crippen LogP contribution is -2.30. The van der Waals surface area contributed by atoms with Crippen LogP contribution in [0.25, 0.3) is 17.3 Å². The van der Waals surface area contributed by atoms with Gasteiger partial charge in [0.05, 0.1) is 28.0 Å². The quantitative estimate of drug-likeness (QED) is 0.497. The SMILES string of the molecule is O=C(CN1C(=O)CS/C1=C\c1nc(-c2ccc(F)cc2)cs1)c1ccccc1Cl. The molecule has 29 heavy (non-hydrogen) atoms. The lowest BCUT2D eigenvalue weighted by atomic mass is 10.1.